The van der Waals surface area contributed by atoms with E-state index in [9.17, 15) is 24.3 Å². The molecule has 6 rings (SSSR count). The number of aryl methyl sites for hydroxylation is 1. The summed E-state index contributed by atoms with van der Waals surface area (Å²) in [6.07, 6.45) is 0.317. The number of rotatable bonds is 6. The lowest BCUT2D eigenvalue weighted by Gasteiger charge is -2.36. The van der Waals surface area contributed by atoms with E-state index >= 15 is 0 Å². The summed E-state index contributed by atoms with van der Waals surface area (Å²) in [6.45, 7) is 1.98. The van der Waals surface area contributed by atoms with E-state index in [1.54, 1.807) is 17.0 Å². The lowest BCUT2D eigenvalue weighted by molar-refractivity contribution is -0.138. The van der Waals surface area contributed by atoms with Gasteiger partial charge in [0.1, 0.15) is 18.1 Å². The van der Waals surface area contributed by atoms with Crippen LogP contribution in [0, 0.1) is 6.92 Å². The molecule has 1 fully saturated rings. The second-order valence-corrected chi connectivity index (χ2v) is 10.4. The Hall–Kier alpha value is -4.57. The fourth-order valence-electron chi connectivity index (χ4n) is 5.67. The van der Waals surface area contributed by atoms with Crippen LogP contribution in [-0.2, 0) is 16.0 Å². The topological polar surface area (TPSA) is 123 Å². The van der Waals surface area contributed by atoms with Crippen LogP contribution in [-0.4, -0.2) is 56.6 Å². The minimum absolute atomic E-state index is 0.0212. The van der Waals surface area contributed by atoms with Crippen molar-refractivity contribution < 1.29 is 24.3 Å². The highest BCUT2D eigenvalue weighted by Gasteiger charge is 2.53. The van der Waals surface area contributed by atoms with Gasteiger partial charge in [-0.3, -0.25) is 14.5 Å². The Kier molecular flexibility index (Phi) is 6.34. The number of hydrogen-bond donors (Lipinski definition) is 4. The molecule has 4 amide bonds. The third-order valence-corrected chi connectivity index (χ3v) is 7.98. The van der Waals surface area contributed by atoms with Crippen molar-refractivity contribution in [1.82, 2.24) is 15.2 Å². The minimum atomic E-state index is -1.24. The van der Waals surface area contributed by atoms with Crippen LogP contribution in [0.25, 0.3) is 10.9 Å². The van der Waals surface area contributed by atoms with Gasteiger partial charge < -0.3 is 15.4 Å². The van der Waals surface area contributed by atoms with Crippen molar-refractivity contribution in [3.05, 3.63) is 101 Å². The van der Waals surface area contributed by atoms with Crippen molar-refractivity contribution >= 4 is 53.0 Å². The zero-order valence-electron chi connectivity index (χ0n) is 21.5. The number of aromatic amines is 1. The fourth-order valence-corrected chi connectivity index (χ4v) is 5.92. The van der Waals surface area contributed by atoms with Crippen molar-refractivity contribution in [2.45, 2.75) is 31.5 Å². The molecule has 3 aromatic carbocycles. The number of nitrogens with one attached hydrogen (secondary N) is 2. The number of anilines is 1. The number of carbonyl (C=O) groups is 4. The number of nitrogens with zero attached hydrogens (tertiary/aromatic N) is 2. The molecule has 3 atom stereocenters. The number of carboxylic acids is 1. The fraction of sp³-hybridized carbons (Fsp3) is 0.200. The number of carboxylic acid groups (broad SMARTS) is 1. The summed E-state index contributed by atoms with van der Waals surface area (Å²) in [6, 6.07) is 18.8. The predicted octanol–water partition coefficient (Wildman–Crippen LogP) is 4.07. The Bertz CT molecular complexity index is 1680. The van der Waals surface area contributed by atoms with Gasteiger partial charge in [0.15, 0.2) is 0 Å². The molecule has 4 aromatic rings. The first-order chi connectivity index (χ1) is 19.3. The van der Waals surface area contributed by atoms with E-state index in [0.717, 1.165) is 38.2 Å². The number of carbonyl (C=O) groups excluding carboxylic acids is 3. The monoisotopic (exact) mass is 554 g/mol. The molecule has 0 spiro atoms. The molecule has 0 saturated carbocycles. The van der Waals surface area contributed by atoms with E-state index < -0.39 is 41.9 Å². The quantitative estimate of drug-likeness (QED) is 0.211. The van der Waals surface area contributed by atoms with E-state index in [1.807, 2.05) is 55.5 Å². The molecule has 2 aliphatic heterocycles. The molecule has 1 saturated heterocycles. The highest BCUT2D eigenvalue weighted by atomic mass is 32.1. The van der Waals surface area contributed by atoms with E-state index in [2.05, 4.69) is 22.9 Å². The number of imide groups is 1. The van der Waals surface area contributed by atoms with Crippen molar-refractivity contribution in [2.24, 2.45) is 0 Å². The van der Waals surface area contributed by atoms with Crippen LogP contribution in [0.4, 0.5) is 10.5 Å². The summed E-state index contributed by atoms with van der Waals surface area (Å²) < 4.78 is 0. The Balaban J connectivity index is 1.45. The average Bonchev–Trinajstić information content (AvgIpc) is 3.45. The highest BCUT2D eigenvalue weighted by Crippen LogP contribution is 2.45. The molecule has 0 radical (unpaired) electrons. The Morgan fingerprint density at radius 1 is 1.05 bits per heavy atom. The van der Waals surface area contributed by atoms with Crippen molar-refractivity contribution in [3.63, 3.8) is 0 Å². The van der Waals surface area contributed by atoms with Crippen LogP contribution in [0.3, 0.4) is 0 Å². The number of urea groups is 1. The van der Waals surface area contributed by atoms with Crippen molar-refractivity contribution in [3.8, 4) is 0 Å². The third kappa shape index (κ3) is 4.03. The van der Waals surface area contributed by atoms with Crippen LogP contribution in [0.2, 0.25) is 0 Å². The number of amides is 4. The molecule has 202 valence electrons. The van der Waals surface area contributed by atoms with E-state index in [4.69, 9.17) is 0 Å². The molecule has 9 nitrogen and oxygen atoms in total. The zero-order chi connectivity index (χ0) is 28.1. The Labute approximate surface area is 235 Å². The normalized spacial score (nSPS) is 18.9. The number of hydrogen-bond acceptors (Lipinski definition) is 5. The van der Waals surface area contributed by atoms with E-state index in [1.165, 1.54) is 12.1 Å². The molecule has 3 heterocycles. The average molecular weight is 555 g/mol. The highest BCUT2D eigenvalue weighted by molar-refractivity contribution is 7.80. The number of aliphatic carboxylic acids is 1. The Morgan fingerprint density at radius 2 is 1.75 bits per heavy atom. The first-order valence-corrected chi connectivity index (χ1v) is 13.5. The van der Waals surface area contributed by atoms with Crippen molar-refractivity contribution in [1.29, 1.82) is 0 Å². The summed E-state index contributed by atoms with van der Waals surface area (Å²) in [5.74, 6) is -2.51. The molecule has 0 aliphatic carbocycles. The summed E-state index contributed by atoms with van der Waals surface area (Å²) in [5, 5.41) is 12.8. The summed E-state index contributed by atoms with van der Waals surface area (Å²) >= 11 is 4.01. The third-order valence-electron chi connectivity index (χ3n) is 7.62. The SMILES string of the molecule is Cc1ccc([C@H]2c3[nH]c4ccccc4c3C[C@H]3C(=O)N(c4ccccc4C(=O)N[C@@H](CS)C(=O)O)C(=O)N23)cc1. The van der Waals surface area contributed by atoms with Gasteiger partial charge in [-0.1, -0.05) is 60.2 Å². The van der Waals surface area contributed by atoms with E-state index in [0.29, 0.717) is 6.42 Å². The van der Waals surface area contributed by atoms with Crippen LogP contribution in [0.15, 0.2) is 72.8 Å². The molecular weight excluding hydrogens is 528 g/mol. The second kappa shape index (κ2) is 9.87. The number of thiol groups is 1. The summed E-state index contributed by atoms with van der Waals surface area (Å²) in [5.41, 5.74) is 4.82. The van der Waals surface area contributed by atoms with Gasteiger partial charge in [0.05, 0.1) is 11.3 Å². The standard InChI is InChI=1S/C30H26N4O5S/c1-16-10-12-17(13-11-16)26-25-20(18-6-2-4-8-21(18)31-25)14-24-28(36)34(30(39)33(24)26)23-9-5-3-7-19(23)27(35)32-22(15-40)29(37)38/h2-13,22,24,26,31,40H,14-15H2,1H3,(H,32,35)(H,37,38)/t22-,24-,26-/m0/s1. The molecule has 10 heteroatoms. The van der Waals surface area contributed by atoms with Gasteiger partial charge >= 0.3 is 12.0 Å². The second-order valence-electron chi connectivity index (χ2n) is 10.0. The Morgan fingerprint density at radius 3 is 2.48 bits per heavy atom. The largest absolute Gasteiger partial charge is 0.480 e. The first-order valence-electron chi connectivity index (χ1n) is 12.9. The molecule has 2 aliphatic rings. The zero-order valence-corrected chi connectivity index (χ0v) is 22.4. The summed E-state index contributed by atoms with van der Waals surface area (Å²) in [7, 11) is 0. The van der Waals surface area contributed by atoms with Crippen LogP contribution < -0.4 is 10.2 Å². The number of H-pyrrole nitrogens is 1. The maximum Gasteiger partial charge on any atom is 0.332 e. The van der Waals surface area contributed by atoms with Gasteiger partial charge in [-0.25, -0.2) is 14.5 Å². The van der Waals surface area contributed by atoms with Gasteiger partial charge in [-0.15, -0.1) is 0 Å². The molecule has 0 bridgehead atoms. The molecular formula is C30H26N4O5S. The molecule has 3 N–H and O–H groups in total. The molecule has 0 unspecified atom stereocenters. The molecule has 1 aromatic heterocycles. The number of aromatic nitrogens is 1. The minimum Gasteiger partial charge on any atom is -0.480 e. The lowest BCUT2D eigenvalue weighted by atomic mass is 9.88. The number of benzene rings is 3. The maximum absolute atomic E-state index is 14.2. The van der Waals surface area contributed by atoms with Crippen LogP contribution in [0.5, 0.6) is 0 Å². The van der Waals surface area contributed by atoms with Crippen LogP contribution >= 0.6 is 12.6 Å². The first kappa shape index (κ1) is 25.7. The lowest BCUT2D eigenvalue weighted by Crippen LogP contribution is -2.44. The number of para-hydroxylation sites is 2. The van der Waals surface area contributed by atoms with Crippen molar-refractivity contribution in [2.75, 3.05) is 10.7 Å². The smallest absolute Gasteiger partial charge is 0.332 e. The van der Waals surface area contributed by atoms with Crippen LogP contribution in [0.1, 0.15) is 38.8 Å². The van der Waals surface area contributed by atoms with Gasteiger partial charge in [0.25, 0.3) is 11.8 Å². The summed E-state index contributed by atoms with van der Waals surface area (Å²) in [4.78, 5) is 59.0. The maximum atomic E-state index is 14.2. The van der Waals surface area contributed by atoms with Gasteiger partial charge in [0.2, 0.25) is 0 Å². The van der Waals surface area contributed by atoms with E-state index in [-0.39, 0.29) is 17.0 Å². The molecule has 40 heavy (non-hydrogen) atoms. The number of fused-ring (bicyclic) bond motifs is 4. The van der Waals surface area contributed by atoms with Gasteiger partial charge in [0, 0.05) is 28.8 Å². The predicted molar refractivity (Wildman–Crippen MR) is 153 cm³/mol. The van der Waals surface area contributed by atoms with Gasteiger partial charge in [-0.05, 0) is 36.2 Å². The van der Waals surface area contributed by atoms with Gasteiger partial charge in [-0.2, -0.15) is 12.6 Å².